The SMILES string of the molecule is C=CC(=O)OCCCC(C)(C)O[Si](OC)(OCC)OCC. The van der Waals surface area contributed by atoms with Crippen molar-refractivity contribution < 1.29 is 27.2 Å². The van der Waals surface area contributed by atoms with E-state index in [2.05, 4.69) is 6.58 Å². The summed E-state index contributed by atoms with van der Waals surface area (Å²) >= 11 is 0. The molecule has 6 nitrogen and oxygen atoms in total. The highest BCUT2D eigenvalue weighted by atomic mass is 28.4. The van der Waals surface area contributed by atoms with Crippen molar-refractivity contribution in [3.05, 3.63) is 12.7 Å². The monoisotopic (exact) mass is 320 g/mol. The van der Waals surface area contributed by atoms with Crippen LogP contribution in [-0.4, -0.2) is 47.5 Å². The first-order valence-corrected chi connectivity index (χ1v) is 8.80. The molecule has 0 rings (SSSR count). The summed E-state index contributed by atoms with van der Waals surface area (Å²) in [6, 6.07) is 0. The van der Waals surface area contributed by atoms with Gasteiger partial charge in [0.25, 0.3) is 0 Å². The summed E-state index contributed by atoms with van der Waals surface area (Å²) in [7, 11) is -1.59. The predicted octanol–water partition coefficient (Wildman–Crippen LogP) is 2.45. The average Bonchev–Trinajstić information content (AvgIpc) is 2.43. The van der Waals surface area contributed by atoms with Crippen molar-refractivity contribution in [3.63, 3.8) is 0 Å². The van der Waals surface area contributed by atoms with Crippen LogP contribution in [0.1, 0.15) is 40.5 Å². The molecule has 7 heteroatoms. The topological polar surface area (TPSA) is 63.2 Å². The number of esters is 1. The lowest BCUT2D eigenvalue weighted by molar-refractivity contribution is -0.138. The molecule has 0 saturated carbocycles. The van der Waals surface area contributed by atoms with Gasteiger partial charge in [0, 0.05) is 26.4 Å². The zero-order valence-corrected chi connectivity index (χ0v) is 14.8. The molecule has 0 aromatic rings. The number of carbonyl (C=O) groups excluding carboxylic acids is 1. The van der Waals surface area contributed by atoms with Crippen LogP contribution in [0.3, 0.4) is 0 Å². The lowest BCUT2D eigenvalue weighted by Gasteiger charge is -2.34. The Morgan fingerprint density at radius 3 is 2.24 bits per heavy atom. The molecule has 21 heavy (non-hydrogen) atoms. The van der Waals surface area contributed by atoms with Crippen LogP contribution in [0.4, 0.5) is 0 Å². The summed E-state index contributed by atoms with van der Waals surface area (Å²) in [6.07, 6.45) is 2.49. The first-order valence-electron chi connectivity index (χ1n) is 7.17. The molecule has 0 amide bonds. The Balaban J connectivity index is 4.44. The third kappa shape index (κ3) is 8.33. The highest BCUT2D eigenvalue weighted by molar-refractivity contribution is 6.53. The Kier molecular flexibility index (Phi) is 9.72. The van der Waals surface area contributed by atoms with E-state index in [1.165, 1.54) is 7.11 Å². The number of carbonyl (C=O) groups is 1. The van der Waals surface area contributed by atoms with Gasteiger partial charge in [0.05, 0.1) is 12.2 Å². The molecule has 0 spiro atoms. The molecule has 0 saturated heterocycles. The van der Waals surface area contributed by atoms with Crippen molar-refractivity contribution in [1.29, 1.82) is 0 Å². The average molecular weight is 320 g/mol. The maximum Gasteiger partial charge on any atom is 0.679 e. The van der Waals surface area contributed by atoms with Crippen molar-refractivity contribution in [3.8, 4) is 0 Å². The van der Waals surface area contributed by atoms with Gasteiger partial charge in [-0.05, 0) is 40.5 Å². The zero-order valence-electron chi connectivity index (χ0n) is 13.8. The number of rotatable bonds is 12. The minimum Gasteiger partial charge on any atom is -0.463 e. The van der Waals surface area contributed by atoms with E-state index in [1.54, 1.807) is 0 Å². The second kappa shape index (κ2) is 10.1. The zero-order chi connectivity index (χ0) is 16.4. The second-order valence-electron chi connectivity index (χ2n) is 4.91. The van der Waals surface area contributed by atoms with E-state index < -0.39 is 20.6 Å². The summed E-state index contributed by atoms with van der Waals surface area (Å²) in [5.74, 6) is -0.419. The predicted molar refractivity (Wildman–Crippen MR) is 81.6 cm³/mol. The van der Waals surface area contributed by atoms with Crippen LogP contribution in [-0.2, 0) is 27.2 Å². The second-order valence-corrected chi connectivity index (χ2v) is 7.10. The van der Waals surface area contributed by atoms with E-state index in [0.29, 0.717) is 32.7 Å². The largest absolute Gasteiger partial charge is 0.679 e. The molecule has 0 aliphatic carbocycles. The van der Waals surface area contributed by atoms with Gasteiger partial charge in [-0.25, -0.2) is 4.79 Å². The van der Waals surface area contributed by atoms with E-state index in [9.17, 15) is 4.79 Å². The van der Waals surface area contributed by atoms with Gasteiger partial charge in [-0.3, -0.25) is 0 Å². The quantitative estimate of drug-likeness (QED) is 0.238. The third-order valence-electron chi connectivity index (χ3n) is 2.63. The van der Waals surface area contributed by atoms with Crippen LogP contribution < -0.4 is 0 Å². The molecule has 0 unspecified atom stereocenters. The summed E-state index contributed by atoms with van der Waals surface area (Å²) in [4.78, 5) is 11.0. The van der Waals surface area contributed by atoms with Gasteiger partial charge in [0.2, 0.25) is 0 Å². The van der Waals surface area contributed by atoms with Gasteiger partial charge in [0.15, 0.2) is 0 Å². The fraction of sp³-hybridized carbons (Fsp3) is 0.786. The number of ether oxygens (including phenoxy) is 1. The molecule has 0 aromatic heterocycles. The smallest absolute Gasteiger partial charge is 0.463 e. The molecule has 0 aliphatic rings. The highest BCUT2D eigenvalue weighted by Gasteiger charge is 2.48. The Morgan fingerprint density at radius 1 is 1.24 bits per heavy atom. The van der Waals surface area contributed by atoms with Crippen molar-refractivity contribution in [2.75, 3.05) is 26.9 Å². The van der Waals surface area contributed by atoms with Gasteiger partial charge < -0.3 is 22.4 Å². The van der Waals surface area contributed by atoms with E-state index in [-0.39, 0.29) is 0 Å². The highest BCUT2D eigenvalue weighted by Crippen LogP contribution is 2.24. The first-order chi connectivity index (χ1) is 9.84. The maximum atomic E-state index is 11.0. The standard InChI is InChI=1S/C14H28O6Si/c1-7-13(15)17-12-10-11-14(4,5)20-21(16-6,18-8-2)19-9-3/h7H,1,8-12H2,2-6H3. The number of hydrogen-bond donors (Lipinski definition) is 0. The van der Waals surface area contributed by atoms with E-state index in [0.717, 1.165) is 6.08 Å². The maximum absolute atomic E-state index is 11.0. The molecule has 0 fully saturated rings. The van der Waals surface area contributed by atoms with Gasteiger partial charge in [-0.2, -0.15) is 0 Å². The number of hydrogen-bond acceptors (Lipinski definition) is 6. The summed E-state index contributed by atoms with van der Waals surface area (Å²) in [5.41, 5.74) is -0.507. The lowest BCUT2D eigenvalue weighted by atomic mass is 10.0. The van der Waals surface area contributed by atoms with Crippen LogP contribution in [0, 0.1) is 0 Å². The lowest BCUT2D eigenvalue weighted by Crippen LogP contribution is -2.53. The molecule has 0 heterocycles. The van der Waals surface area contributed by atoms with E-state index >= 15 is 0 Å². The van der Waals surface area contributed by atoms with Crippen molar-refractivity contribution >= 4 is 15.0 Å². The molecule has 0 bridgehead atoms. The molecular formula is C14H28O6Si. The molecule has 0 aromatic carbocycles. The minimum absolute atomic E-state index is 0.322. The van der Waals surface area contributed by atoms with Crippen LogP contribution in [0.2, 0.25) is 0 Å². The van der Waals surface area contributed by atoms with Gasteiger partial charge >= 0.3 is 15.0 Å². The summed E-state index contributed by atoms with van der Waals surface area (Å²) in [6.45, 7) is 12.2. The van der Waals surface area contributed by atoms with E-state index in [1.807, 2.05) is 27.7 Å². The Morgan fingerprint density at radius 2 is 1.81 bits per heavy atom. The van der Waals surface area contributed by atoms with Crippen LogP contribution >= 0.6 is 0 Å². The molecule has 124 valence electrons. The van der Waals surface area contributed by atoms with Gasteiger partial charge in [0.1, 0.15) is 0 Å². The van der Waals surface area contributed by atoms with E-state index in [4.69, 9.17) is 22.4 Å². The van der Waals surface area contributed by atoms with Crippen molar-refractivity contribution in [2.24, 2.45) is 0 Å². The minimum atomic E-state index is -3.12. The van der Waals surface area contributed by atoms with Crippen molar-refractivity contribution in [1.82, 2.24) is 0 Å². The molecule has 0 atom stereocenters. The Hall–Kier alpha value is -0.733. The summed E-state index contributed by atoms with van der Waals surface area (Å²) < 4.78 is 27.5. The molecule has 0 radical (unpaired) electrons. The molecule has 0 N–H and O–H groups in total. The fourth-order valence-corrected chi connectivity index (χ4v) is 3.74. The Bertz CT molecular complexity index is 313. The third-order valence-corrected chi connectivity index (χ3v) is 5.21. The van der Waals surface area contributed by atoms with Crippen LogP contribution in [0.5, 0.6) is 0 Å². The summed E-state index contributed by atoms with van der Waals surface area (Å²) in [5, 5.41) is 0. The first kappa shape index (κ1) is 20.3. The van der Waals surface area contributed by atoms with Crippen LogP contribution in [0.15, 0.2) is 12.7 Å². The fourth-order valence-electron chi connectivity index (χ4n) is 1.73. The Labute approximate surface area is 128 Å². The van der Waals surface area contributed by atoms with Gasteiger partial charge in [-0.1, -0.05) is 6.58 Å². The van der Waals surface area contributed by atoms with Crippen molar-refractivity contribution in [2.45, 2.75) is 46.1 Å². The van der Waals surface area contributed by atoms with Gasteiger partial charge in [-0.15, -0.1) is 0 Å². The molecule has 0 aliphatic heterocycles. The normalized spacial score (nSPS) is 12.2. The molecular weight excluding hydrogens is 292 g/mol. The van der Waals surface area contributed by atoms with Crippen LogP contribution in [0.25, 0.3) is 0 Å².